The van der Waals surface area contributed by atoms with Crippen LogP contribution in [0, 0.1) is 0 Å². The number of thiazole rings is 1. The predicted molar refractivity (Wildman–Crippen MR) is 96.2 cm³/mol. The Morgan fingerprint density at radius 2 is 1.83 bits per heavy atom. The topological polar surface area (TPSA) is 59.0 Å². The van der Waals surface area contributed by atoms with E-state index in [9.17, 15) is 4.79 Å². The van der Waals surface area contributed by atoms with Crippen LogP contribution in [0.1, 0.15) is 29.4 Å². The zero-order chi connectivity index (χ0) is 16.8. The van der Waals surface area contributed by atoms with Crippen molar-refractivity contribution in [3.63, 3.8) is 0 Å². The van der Waals surface area contributed by atoms with Crippen LogP contribution in [0.3, 0.4) is 0 Å². The Hall–Kier alpha value is -2.60. The number of para-hydroxylation sites is 1. The summed E-state index contributed by atoms with van der Waals surface area (Å²) < 4.78 is 0. The smallest absolute Gasteiger partial charge is 0.270 e. The molecule has 122 valence electrons. The highest BCUT2D eigenvalue weighted by molar-refractivity contribution is 7.16. The van der Waals surface area contributed by atoms with Gasteiger partial charge in [0.15, 0.2) is 10.8 Å². The number of aromatic nitrogens is 3. The molecule has 3 aromatic rings. The molecule has 0 aliphatic carbocycles. The van der Waals surface area contributed by atoms with E-state index in [0.29, 0.717) is 22.3 Å². The number of carbonyl (C=O) groups excluding carboxylic acids is 1. The summed E-state index contributed by atoms with van der Waals surface area (Å²) in [4.78, 5) is 28.0. The van der Waals surface area contributed by atoms with Gasteiger partial charge in [-0.25, -0.2) is 15.0 Å². The molecule has 5 nitrogen and oxygen atoms in total. The van der Waals surface area contributed by atoms with Crippen LogP contribution in [0.15, 0.2) is 55.0 Å². The molecule has 0 atom stereocenters. The van der Waals surface area contributed by atoms with Gasteiger partial charge >= 0.3 is 0 Å². The lowest BCUT2D eigenvalue weighted by molar-refractivity contribution is 0.0990. The summed E-state index contributed by atoms with van der Waals surface area (Å²) >= 11 is 1.32. The normalized spacial score (nSPS) is 10.5. The fourth-order valence-corrected chi connectivity index (χ4v) is 3.10. The first-order valence-corrected chi connectivity index (χ1v) is 8.71. The van der Waals surface area contributed by atoms with Crippen molar-refractivity contribution in [2.75, 3.05) is 11.4 Å². The van der Waals surface area contributed by atoms with Crippen molar-refractivity contribution in [1.82, 2.24) is 15.0 Å². The molecule has 1 aromatic carbocycles. The molecule has 0 aliphatic rings. The lowest BCUT2D eigenvalue weighted by Gasteiger charge is -2.21. The van der Waals surface area contributed by atoms with Gasteiger partial charge in [-0.05, 0) is 24.6 Å². The second-order valence-corrected chi connectivity index (χ2v) is 6.28. The van der Waals surface area contributed by atoms with Crippen LogP contribution in [-0.4, -0.2) is 27.4 Å². The Labute approximate surface area is 145 Å². The van der Waals surface area contributed by atoms with E-state index in [4.69, 9.17) is 0 Å². The highest BCUT2D eigenvalue weighted by Gasteiger charge is 2.20. The van der Waals surface area contributed by atoms with E-state index in [0.717, 1.165) is 18.5 Å². The molecule has 24 heavy (non-hydrogen) atoms. The Bertz CT molecular complexity index is 789. The molecule has 0 spiro atoms. The monoisotopic (exact) mass is 338 g/mol. The highest BCUT2D eigenvalue weighted by atomic mass is 32.1. The van der Waals surface area contributed by atoms with Gasteiger partial charge in [0, 0.05) is 24.6 Å². The Kier molecular flexibility index (Phi) is 5.28. The predicted octanol–water partition coefficient (Wildman–Crippen LogP) is 4.05. The van der Waals surface area contributed by atoms with Crippen molar-refractivity contribution in [3.8, 4) is 10.8 Å². The van der Waals surface area contributed by atoms with Crippen molar-refractivity contribution >= 4 is 22.9 Å². The average molecular weight is 338 g/mol. The summed E-state index contributed by atoms with van der Waals surface area (Å²) in [7, 11) is 0. The van der Waals surface area contributed by atoms with Gasteiger partial charge in [-0.1, -0.05) is 31.5 Å². The third-order valence-corrected chi connectivity index (χ3v) is 4.50. The Morgan fingerprint density at radius 1 is 1.08 bits per heavy atom. The molecule has 0 radical (unpaired) electrons. The number of amides is 1. The highest BCUT2D eigenvalue weighted by Crippen LogP contribution is 2.25. The number of hydrogen-bond donors (Lipinski definition) is 0. The maximum absolute atomic E-state index is 13.0. The lowest BCUT2D eigenvalue weighted by atomic mass is 10.2. The molecular formula is C18H18N4OS. The van der Waals surface area contributed by atoms with Gasteiger partial charge < -0.3 is 4.90 Å². The molecule has 1 amide bonds. The summed E-state index contributed by atoms with van der Waals surface area (Å²) in [6.07, 6.45) is 6.93. The summed E-state index contributed by atoms with van der Waals surface area (Å²) in [5, 5.41) is 0.655. The van der Waals surface area contributed by atoms with E-state index < -0.39 is 0 Å². The van der Waals surface area contributed by atoms with Gasteiger partial charge in [0.25, 0.3) is 5.91 Å². The maximum atomic E-state index is 13.0. The number of nitrogens with zero attached hydrogens (tertiary/aromatic N) is 4. The Morgan fingerprint density at radius 3 is 2.54 bits per heavy atom. The van der Waals surface area contributed by atoms with Gasteiger partial charge in [-0.2, -0.15) is 0 Å². The summed E-state index contributed by atoms with van der Waals surface area (Å²) in [6.45, 7) is 2.81. The first-order valence-electron chi connectivity index (χ1n) is 7.89. The van der Waals surface area contributed by atoms with Gasteiger partial charge in [-0.15, -0.1) is 11.3 Å². The zero-order valence-electron chi connectivity index (χ0n) is 13.4. The lowest BCUT2D eigenvalue weighted by Crippen LogP contribution is -2.31. The van der Waals surface area contributed by atoms with Crippen molar-refractivity contribution in [3.05, 3.63) is 59.9 Å². The molecule has 2 aromatic heterocycles. The third kappa shape index (κ3) is 3.65. The fraction of sp³-hybridized carbons (Fsp3) is 0.222. The summed E-state index contributed by atoms with van der Waals surface area (Å²) in [5.74, 6) is 0.510. The second kappa shape index (κ2) is 7.79. The van der Waals surface area contributed by atoms with Crippen molar-refractivity contribution in [1.29, 1.82) is 0 Å². The van der Waals surface area contributed by atoms with E-state index >= 15 is 0 Å². The zero-order valence-corrected chi connectivity index (χ0v) is 14.2. The first kappa shape index (κ1) is 16.3. The number of unbranched alkanes of at least 4 members (excludes halogenated alkanes) is 1. The van der Waals surface area contributed by atoms with E-state index in [1.54, 1.807) is 24.7 Å². The minimum Gasteiger partial charge on any atom is -0.308 e. The molecule has 0 N–H and O–H groups in total. The molecule has 0 unspecified atom stereocenters. The first-order chi connectivity index (χ1) is 11.8. The molecular weight excluding hydrogens is 320 g/mol. The molecule has 2 heterocycles. The van der Waals surface area contributed by atoms with Crippen LogP contribution < -0.4 is 4.90 Å². The van der Waals surface area contributed by atoms with Crippen molar-refractivity contribution in [2.24, 2.45) is 0 Å². The number of rotatable bonds is 6. The SMILES string of the molecule is CCCCN(C(=O)c1cnc(-c2ncccn2)s1)c1ccccc1. The molecule has 0 aliphatic heterocycles. The molecule has 0 saturated heterocycles. The minimum atomic E-state index is -0.0330. The number of hydrogen-bond acceptors (Lipinski definition) is 5. The number of anilines is 1. The summed E-state index contributed by atoms with van der Waals surface area (Å²) in [5.41, 5.74) is 0.905. The largest absolute Gasteiger partial charge is 0.308 e. The quantitative estimate of drug-likeness (QED) is 0.680. The fourth-order valence-electron chi connectivity index (χ4n) is 2.29. The van der Waals surface area contributed by atoms with Crippen molar-refractivity contribution < 1.29 is 4.79 Å². The average Bonchev–Trinajstić information content (AvgIpc) is 3.14. The molecule has 0 fully saturated rings. The van der Waals surface area contributed by atoms with Gasteiger partial charge in [0.2, 0.25) is 0 Å². The molecule has 0 bridgehead atoms. The maximum Gasteiger partial charge on any atom is 0.270 e. The number of benzene rings is 1. The standard InChI is InChI=1S/C18H18N4OS/c1-2-3-12-22(14-8-5-4-6-9-14)18(23)15-13-21-17(24-15)16-19-10-7-11-20-16/h4-11,13H,2-3,12H2,1H3. The van der Waals surface area contributed by atoms with E-state index in [1.807, 2.05) is 35.2 Å². The van der Waals surface area contributed by atoms with Gasteiger partial charge in [-0.3, -0.25) is 4.79 Å². The van der Waals surface area contributed by atoms with E-state index in [2.05, 4.69) is 21.9 Å². The van der Waals surface area contributed by atoms with Gasteiger partial charge in [0.05, 0.1) is 6.20 Å². The van der Waals surface area contributed by atoms with Crippen LogP contribution in [0.5, 0.6) is 0 Å². The van der Waals surface area contributed by atoms with Crippen LogP contribution in [0.2, 0.25) is 0 Å². The van der Waals surface area contributed by atoms with E-state index in [-0.39, 0.29) is 5.91 Å². The van der Waals surface area contributed by atoms with Crippen LogP contribution in [0.25, 0.3) is 10.8 Å². The van der Waals surface area contributed by atoms with Crippen molar-refractivity contribution in [2.45, 2.75) is 19.8 Å². The second-order valence-electron chi connectivity index (χ2n) is 5.25. The summed E-state index contributed by atoms with van der Waals surface area (Å²) in [6, 6.07) is 11.5. The Balaban J connectivity index is 1.86. The van der Waals surface area contributed by atoms with Crippen LogP contribution in [0.4, 0.5) is 5.69 Å². The van der Waals surface area contributed by atoms with Gasteiger partial charge in [0.1, 0.15) is 4.88 Å². The number of carbonyl (C=O) groups is 1. The molecule has 0 saturated carbocycles. The minimum absolute atomic E-state index is 0.0330. The van der Waals surface area contributed by atoms with E-state index in [1.165, 1.54) is 11.3 Å². The van der Waals surface area contributed by atoms with Crippen LogP contribution in [-0.2, 0) is 0 Å². The van der Waals surface area contributed by atoms with Crippen LogP contribution >= 0.6 is 11.3 Å². The third-order valence-electron chi connectivity index (χ3n) is 3.52. The molecule has 6 heteroatoms. The molecule has 3 rings (SSSR count).